The van der Waals surface area contributed by atoms with Gasteiger partial charge in [0.15, 0.2) is 0 Å². The van der Waals surface area contributed by atoms with Crippen molar-refractivity contribution in [2.45, 2.75) is 19.1 Å². The molecule has 2 aliphatic rings. The summed E-state index contributed by atoms with van der Waals surface area (Å²) in [5.74, 6) is 6.30. The van der Waals surface area contributed by atoms with E-state index in [9.17, 15) is 0 Å². The third kappa shape index (κ3) is 2.04. The largest absolute Gasteiger partial charge is 0.314 e. The van der Waals surface area contributed by atoms with Crippen molar-refractivity contribution in [1.82, 2.24) is 15.5 Å². The molecule has 0 aromatic heterocycles. The maximum atomic E-state index is 3.65. The van der Waals surface area contributed by atoms with E-state index in [-0.39, 0.29) is 6.04 Å². The number of nitrogens with one attached hydrogen (secondary N) is 2. The molecule has 1 aromatic carbocycles. The summed E-state index contributed by atoms with van der Waals surface area (Å²) in [7, 11) is 0. The molecule has 0 spiro atoms. The van der Waals surface area contributed by atoms with E-state index in [1.807, 2.05) is 6.92 Å². The van der Waals surface area contributed by atoms with Crippen LogP contribution in [-0.2, 0) is 0 Å². The minimum Gasteiger partial charge on any atom is -0.314 e. The van der Waals surface area contributed by atoms with E-state index in [4.69, 9.17) is 0 Å². The third-order valence-electron chi connectivity index (χ3n) is 3.73. The molecule has 2 unspecified atom stereocenters. The quantitative estimate of drug-likeness (QED) is 0.725. The first-order valence-corrected chi connectivity index (χ1v) is 6.62. The highest BCUT2D eigenvalue weighted by Crippen LogP contribution is 2.34. The van der Waals surface area contributed by atoms with Crippen LogP contribution in [0.25, 0.3) is 0 Å². The first-order chi connectivity index (χ1) is 8.90. The second-order valence-electron chi connectivity index (χ2n) is 4.81. The molecule has 94 valence electrons. The first kappa shape index (κ1) is 11.7. The van der Waals surface area contributed by atoms with Crippen LogP contribution in [0.1, 0.15) is 30.3 Å². The number of hydrogen-bond donors (Lipinski definition) is 2. The molecule has 0 radical (unpaired) electrons. The van der Waals surface area contributed by atoms with E-state index in [0.717, 1.165) is 26.2 Å². The summed E-state index contributed by atoms with van der Waals surface area (Å²) >= 11 is 0. The molecule has 0 bridgehead atoms. The lowest BCUT2D eigenvalue weighted by Gasteiger charge is -2.33. The van der Waals surface area contributed by atoms with Gasteiger partial charge in [-0.15, -0.1) is 5.92 Å². The molecule has 2 aliphatic heterocycles. The fourth-order valence-electron chi connectivity index (χ4n) is 2.87. The van der Waals surface area contributed by atoms with Gasteiger partial charge < -0.3 is 5.32 Å². The van der Waals surface area contributed by atoms with Crippen LogP contribution in [0.2, 0.25) is 0 Å². The molecular formula is C15H19N3. The fraction of sp³-hybridized carbons (Fsp3) is 0.467. The zero-order chi connectivity index (χ0) is 12.4. The Kier molecular flexibility index (Phi) is 3.33. The number of benzene rings is 1. The smallest absolute Gasteiger partial charge is 0.0963 e. The molecule has 3 heteroatoms. The number of nitrogens with zero attached hydrogens (tertiary/aromatic N) is 1. The predicted molar refractivity (Wildman–Crippen MR) is 73.0 cm³/mol. The third-order valence-corrected chi connectivity index (χ3v) is 3.73. The molecular weight excluding hydrogens is 222 g/mol. The van der Waals surface area contributed by atoms with Gasteiger partial charge in [-0.05, 0) is 18.1 Å². The van der Waals surface area contributed by atoms with Gasteiger partial charge in [-0.3, -0.25) is 10.2 Å². The average molecular weight is 241 g/mol. The topological polar surface area (TPSA) is 27.3 Å². The number of hydrogen-bond acceptors (Lipinski definition) is 3. The van der Waals surface area contributed by atoms with Crippen LogP contribution in [0.4, 0.5) is 0 Å². The van der Waals surface area contributed by atoms with E-state index >= 15 is 0 Å². The Hall–Kier alpha value is -1.34. The van der Waals surface area contributed by atoms with Crippen LogP contribution in [-0.4, -0.2) is 31.1 Å². The van der Waals surface area contributed by atoms with Crippen molar-refractivity contribution in [2.24, 2.45) is 0 Å². The normalized spacial score (nSPS) is 27.4. The van der Waals surface area contributed by atoms with Crippen molar-refractivity contribution in [3.05, 3.63) is 35.4 Å². The van der Waals surface area contributed by atoms with Crippen LogP contribution in [0, 0.1) is 11.8 Å². The van der Waals surface area contributed by atoms with E-state index in [1.165, 1.54) is 11.1 Å². The van der Waals surface area contributed by atoms with Crippen molar-refractivity contribution < 1.29 is 0 Å². The molecule has 1 saturated heterocycles. The van der Waals surface area contributed by atoms with Gasteiger partial charge in [0.1, 0.15) is 0 Å². The second kappa shape index (κ2) is 5.11. The summed E-state index contributed by atoms with van der Waals surface area (Å²) in [6.07, 6.45) is 0.328. The average Bonchev–Trinajstić information content (AvgIpc) is 2.80. The monoisotopic (exact) mass is 241 g/mol. The minimum absolute atomic E-state index is 0.186. The standard InChI is InChI=1S/C15H19N3/c1-2-5-14-12-6-3-4-7-13(12)15(17-14)18-10-8-16-9-11-18/h3-4,6-7,14-17H,8-11H2,1H3. The van der Waals surface area contributed by atoms with Crippen LogP contribution < -0.4 is 10.6 Å². The minimum atomic E-state index is 0.186. The molecule has 2 atom stereocenters. The van der Waals surface area contributed by atoms with E-state index in [2.05, 4.69) is 51.6 Å². The zero-order valence-electron chi connectivity index (χ0n) is 10.7. The van der Waals surface area contributed by atoms with Crippen molar-refractivity contribution in [3.63, 3.8) is 0 Å². The Morgan fingerprint density at radius 2 is 1.89 bits per heavy atom. The molecule has 0 amide bonds. The Morgan fingerprint density at radius 1 is 1.17 bits per heavy atom. The lowest BCUT2D eigenvalue weighted by Crippen LogP contribution is -2.47. The maximum Gasteiger partial charge on any atom is 0.0963 e. The Balaban J connectivity index is 1.90. The predicted octanol–water partition coefficient (Wildman–Crippen LogP) is 1.26. The van der Waals surface area contributed by atoms with Crippen LogP contribution >= 0.6 is 0 Å². The summed E-state index contributed by atoms with van der Waals surface area (Å²) in [4.78, 5) is 2.51. The highest BCUT2D eigenvalue weighted by molar-refractivity contribution is 5.41. The SMILES string of the molecule is CC#CC1NC(N2CCNCC2)c2ccccc21. The van der Waals surface area contributed by atoms with E-state index in [1.54, 1.807) is 0 Å². The molecule has 0 aliphatic carbocycles. The van der Waals surface area contributed by atoms with Gasteiger partial charge in [0, 0.05) is 26.2 Å². The lowest BCUT2D eigenvalue weighted by atomic mass is 10.0. The molecule has 18 heavy (non-hydrogen) atoms. The van der Waals surface area contributed by atoms with Gasteiger partial charge in [0.2, 0.25) is 0 Å². The van der Waals surface area contributed by atoms with Gasteiger partial charge in [0.05, 0.1) is 12.2 Å². The zero-order valence-corrected chi connectivity index (χ0v) is 10.7. The molecule has 3 nitrogen and oxygen atoms in total. The van der Waals surface area contributed by atoms with Gasteiger partial charge in [-0.25, -0.2) is 0 Å². The van der Waals surface area contributed by atoms with E-state index < -0.39 is 0 Å². The van der Waals surface area contributed by atoms with Crippen LogP contribution in [0.3, 0.4) is 0 Å². The highest BCUT2D eigenvalue weighted by Gasteiger charge is 2.33. The summed E-state index contributed by atoms with van der Waals surface area (Å²) in [6.45, 7) is 6.24. The van der Waals surface area contributed by atoms with E-state index in [0.29, 0.717) is 6.17 Å². The summed E-state index contributed by atoms with van der Waals surface area (Å²) < 4.78 is 0. The summed E-state index contributed by atoms with van der Waals surface area (Å²) in [6, 6.07) is 8.83. The molecule has 1 fully saturated rings. The lowest BCUT2D eigenvalue weighted by molar-refractivity contribution is 0.152. The molecule has 1 aromatic rings. The Labute approximate surface area is 109 Å². The Morgan fingerprint density at radius 3 is 2.61 bits per heavy atom. The van der Waals surface area contributed by atoms with Crippen LogP contribution in [0.5, 0.6) is 0 Å². The van der Waals surface area contributed by atoms with Crippen molar-refractivity contribution in [2.75, 3.05) is 26.2 Å². The van der Waals surface area contributed by atoms with Gasteiger partial charge in [-0.1, -0.05) is 30.2 Å². The Bertz CT molecular complexity index is 480. The van der Waals surface area contributed by atoms with Crippen molar-refractivity contribution >= 4 is 0 Å². The van der Waals surface area contributed by atoms with Gasteiger partial charge in [0.25, 0.3) is 0 Å². The molecule has 2 N–H and O–H groups in total. The maximum absolute atomic E-state index is 3.65. The van der Waals surface area contributed by atoms with Crippen molar-refractivity contribution in [1.29, 1.82) is 0 Å². The second-order valence-corrected chi connectivity index (χ2v) is 4.81. The number of fused-ring (bicyclic) bond motifs is 1. The first-order valence-electron chi connectivity index (χ1n) is 6.62. The summed E-state index contributed by atoms with van der Waals surface area (Å²) in [5.41, 5.74) is 2.74. The van der Waals surface area contributed by atoms with Gasteiger partial charge in [-0.2, -0.15) is 0 Å². The number of rotatable bonds is 1. The molecule has 3 rings (SSSR count). The highest BCUT2D eigenvalue weighted by atomic mass is 15.3. The fourth-order valence-corrected chi connectivity index (χ4v) is 2.87. The van der Waals surface area contributed by atoms with Crippen LogP contribution in [0.15, 0.2) is 24.3 Å². The van der Waals surface area contributed by atoms with Crippen molar-refractivity contribution in [3.8, 4) is 11.8 Å². The molecule has 2 heterocycles. The summed E-state index contributed by atoms with van der Waals surface area (Å²) in [5, 5.41) is 7.05. The number of piperazine rings is 1. The molecule has 0 saturated carbocycles. The van der Waals surface area contributed by atoms with Gasteiger partial charge >= 0.3 is 0 Å².